The third-order valence-electron chi connectivity index (χ3n) is 22.7. The summed E-state index contributed by atoms with van der Waals surface area (Å²) in [5, 5.41) is -1.05. The molecule has 0 saturated heterocycles. The normalized spacial score (nSPS) is 11.8. The molecule has 0 spiro atoms. The maximum Gasteiger partial charge on any atom is 0.0597 e. The van der Waals surface area contributed by atoms with Crippen molar-refractivity contribution in [2.24, 2.45) is 0 Å². The molecule has 0 radical (unpaired) electrons. The lowest BCUT2D eigenvalue weighted by Crippen LogP contribution is -2.25. The fourth-order valence-corrected chi connectivity index (χ4v) is 17.5. The number of hydrogen-bond donors (Lipinski definition) is 0. The van der Waals surface area contributed by atoms with Crippen molar-refractivity contribution in [2.75, 3.05) is 0 Å². The van der Waals surface area contributed by atoms with Gasteiger partial charge in [-0.05, 0) is 192 Å². The lowest BCUT2D eigenvalue weighted by atomic mass is 9.76. The highest BCUT2D eigenvalue weighted by molar-refractivity contribution is 7.19. The van der Waals surface area contributed by atoms with Gasteiger partial charge in [-0.2, -0.15) is 0 Å². The molecule has 10 aromatic carbocycles. The van der Waals surface area contributed by atoms with Gasteiger partial charge in [0.2, 0.25) is 0 Å². The average Bonchev–Trinajstić information content (AvgIpc) is 0.735. The number of benzene rings is 10. The molecule has 546 valence electrons. The van der Waals surface area contributed by atoms with Gasteiger partial charge >= 0.3 is 0 Å². The van der Waals surface area contributed by atoms with Gasteiger partial charge in [-0.3, -0.25) is 0 Å². The highest BCUT2D eigenvalue weighted by Crippen LogP contribution is 2.53. The van der Waals surface area contributed by atoms with Gasteiger partial charge in [0.1, 0.15) is 0 Å². The summed E-state index contributed by atoms with van der Waals surface area (Å²) in [6, 6.07) is 102. The molecule has 0 N–H and O–H groups in total. The number of aryl methyl sites for hydroxylation is 8. The van der Waals surface area contributed by atoms with E-state index >= 15 is 0 Å². The Labute approximate surface area is 637 Å². The average molecular weight is 1420 g/mol. The first-order chi connectivity index (χ1) is 51.4. The van der Waals surface area contributed by atoms with Crippen LogP contribution in [0.4, 0.5) is 0 Å². The Morgan fingerprint density at radius 1 is 0.144 bits per heavy atom. The Hall–Kier alpha value is -6.94. The second-order valence-corrected chi connectivity index (χ2v) is 32.5. The van der Waals surface area contributed by atoms with E-state index in [2.05, 4.69) is 285 Å². The van der Waals surface area contributed by atoms with E-state index in [1.807, 2.05) is 0 Å². The van der Waals surface area contributed by atoms with E-state index in [0.29, 0.717) is 0 Å². The van der Waals surface area contributed by atoms with Gasteiger partial charge in [-0.15, -0.1) is 18.5 Å². The highest BCUT2D eigenvalue weighted by atomic mass is 31.0. The van der Waals surface area contributed by atoms with Crippen molar-refractivity contribution in [1.82, 2.24) is 0 Å². The van der Waals surface area contributed by atoms with Gasteiger partial charge in [0.05, 0.1) is 10.3 Å². The van der Waals surface area contributed by atoms with Gasteiger partial charge in [0.15, 0.2) is 0 Å². The summed E-state index contributed by atoms with van der Waals surface area (Å²) in [5.74, 6) is 0. The number of rotatable bonds is 51. The van der Waals surface area contributed by atoms with Gasteiger partial charge in [-0.25, -0.2) is 0 Å². The second-order valence-electron chi connectivity index (χ2n) is 30.8. The van der Waals surface area contributed by atoms with Gasteiger partial charge in [-0.1, -0.05) is 421 Å². The van der Waals surface area contributed by atoms with E-state index in [0.717, 1.165) is 25.7 Å². The molecule has 0 aliphatic rings. The molecule has 0 bridgehead atoms. The Morgan fingerprint density at radius 3 is 0.471 bits per heavy atom. The van der Waals surface area contributed by atoms with Crippen LogP contribution in [-0.4, -0.2) is 0 Å². The molecule has 10 aromatic rings. The summed E-state index contributed by atoms with van der Waals surface area (Å²) in [7, 11) is 7.00. The fraction of sp³-hybridized carbons (Fsp3) is 0.412. The van der Waals surface area contributed by atoms with Crippen molar-refractivity contribution in [3.63, 3.8) is 0 Å². The molecule has 0 aromatic heterocycles. The third kappa shape index (κ3) is 26.2. The standard InChI is InChI=1S/C102H128P2/c103-101(93-77-69-89(70-78-93)61-33-21-13-5-1-9-17-29-49-85-53-37-25-38-54-85,94-79-71-90(72-80-94)62-34-22-14-6-2-10-18-30-50-86-55-39-26-40-56-86)99-67-47-45-65-97(99)98-66-46-48-68-100(98)102(104,95-81-73-91(74-82-95)63-35-23-15-7-3-11-19-31-51-87-57-41-27-42-58-87)96-83-75-92(76-84-96)64-36-24-16-8-4-12-20-32-52-88-59-43-28-44-60-88/h25-28,37-48,53-60,65-84H,1-24,29-36,49-52,61-64,103-104H2. The summed E-state index contributed by atoms with van der Waals surface area (Å²) in [6.45, 7) is 0. The minimum absolute atomic E-state index is 0.527. The van der Waals surface area contributed by atoms with Crippen LogP contribution in [0.2, 0.25) is 0 Å². The van der Waals surface area contributed by atoms with Crippen LogP contribution in [0.25, 0.3) is 11.1 Å². The molecule has 0 amide bonds. The molecule has 104 heavy (non-hydrogen) atoms. The summed E-state index contributed by atoms with van der Waals surface area (Å²) in [5.41, 5.74) is 22.1. The lowest BCUT2D eigenvalue weighted by molar-refractivity contribution is 0.567. The van der Waals surface area contributed by atoms with E-state index in [4.69, 9.17) is 0 Å². The molecular formula is C102H128P2. The fourth-order valence-electron chi connectivity index (χ4n) is 16.3. The summed E-state index contributed by atoms with van der Waals surface area (Å²) >= 11 is 0. The molecule has 0 aliphatic carbocycles. The maximum atomic E-state index is 3.50. The van der Waals surface area contributed by atoms with Crippen molar-refractivity contribution in [1.29, 1.82) is 0 Å². The number of unbranched alkanes of at least 4 members (excludes halogenated alkanes) is 28. The molecule has 10 rings (SSSR count). The van der Waals surface area contributed by atoms with E-state index in [1.54, 1.807) is 0 Å². The molecule has 0 heterocycles. The van der Waals surface area contributed by atoms with E-state index in [9.17, 15) is 0 Å². The van der Waals surface area contributed by atoms with Crippen LogP contribution in [0.3, 0.4) is 0 Å². The lowest BCUT2D eigenvalue weighted by Gasteiger charge is -2.37. The molecular weight excluding hydrogens is 1290 g/mol. The Balaban J connectivity index is 0.837. The second kappa shape index (κ2) is 46.2. The van der Waals surface area contributed by atoms with Crippen LogP contribution in [0, 0.1) is 0 Å². The van der Waals surface area contributed by atoms with Gasteiger partial charge < -0.3 is 0 Å². The zero-order valence-corrected chi connectivity index (χ0v) is 66.2. The van der Waals surface area contributed by atoms with Crippen LogP contribution in [-0.2, 0) is 61.7 Å². The molecule has 0 nitrogen and oxygen atoms in total. The zero-order valence-electron chi connectivity index (χ0n) is 63.8. The van der Waals surface area contributed by atoms with Crippen LogP contribution >= 0.6 is 18.5 Å². The maximum absolute atomic E-state index is 3.50. The van der Waals surface area contributed by atoms with E-state index < -0.39 is 10.3 Å². The summed E-state index contributed by atoms with van der Waals surface area (Å²) in [6.07, 6.45) is 51.6. The van der Waals surface area contributed by atoms with Crippen LogP contribution in [0.1, 0.15) is 283 Å². The topological polar surface area (TPSA) is 0 Å². The first-order valence-electron chi connectivity index (χ1n) is 41.7. The van der Waals surface area contributed by atoms with Crippen molar-refractivity contribution in [3.05, 3.63) is 345 Å². The molecule has 0 aliphatic heterocycles. The summed E-state index contributed by atoms with van der Waals surface area (Å²) in [4.78, 5) is 0. The molecule has 0 fully saturated rings. The first-order valence-corrected chi connectivity index (χ1v) is 42.9. The van der Waals surface area contributed by atoms with E-state index in [1.165, 1.54) is 320 Å². The van der Waals surface area contributed by atoms with Crippen molar-refractivity contribution < 1.29 is 0 Å². The zero-order chi connectivity index (χ0) is 71.6. The monoisotopic (exact) mass is 1410 g/mol. The van der Waals surface area contributed by atoms with E-state index in [-0.39, 0.29) is 0 Å². The van der Waals surface area contributed by atoms with Crippen molar-refractivity contribution in [3.8, 4) is 11.1 Å². The molecule has 0 saturated carbocycles. The summed E-state index contributed by atoms with van der Waals surface area (Å²) < 4.78 is 0. The van der Waals surface area contributed by atoms with Crippen LogP contribution in [0.15, 0.2) is 267 Å². The Kier molecular flexibility index (Phi) is 35.4. The van der Waals surface area contributed by atoms with Crippen LogP contribution in [0.5, 0.6) is 0 Å². The van der Waals surface area contributed by atoms with Crippen molar-refractivity contribution >= 4 is 18.5 Å². The predicted molar refractivity (Wildman–Crippen MR) is 460 cm³/mol. The SMILES string of the molecule is PC(c1ccc(CCCCCCCCCCc2ccccc2)cc1)(c1ccc(CCCCCCCCCCc2ccccc2)cc1)c1ccccc1-c1ccccc1C(P)(c1ccc(CCCCCCCCCCc2ccccc2)cc1)c1ccc(CCCCCCCCCCc2ccccc2)cc1. The first kappa shape index (κ1) is 79.6. The molecule has 2 heteroatoms. The van der Waals surface area contributed by atoms with Crippen LogP contribution < -0.4 is 0 Å². The third-order valence-corrected chi connectivity index (χ3v) is 24.7. The van der Waals surface area contributed by atoms with Gasteiger partial charge in [0.25, 0.3) is 0 Å². The number of hydrogen-bond acceptors (Lipinski definition) is 0. The minimum Gasteiger partial charge on any atom is -0.117 e. The Bertz CT molecular complexity index is 3390. The smallest absolute Gasteiger partial charge is 0.0597 e. The van der Waals surface area contributed by atoms with Gasteiger partial charge in [0, 0.05) is 0 Å². The highest BCUT2D eigenvalue weighted by Gasteiger charge is 2.38. The Morgan fingerprint density at radius 2 is 0.288 bits per heavy atom. The van der Waals surface area contributed by atoms with Crippen molar-refractivity contribution in [2.45, 2.75) is 267 Å². The molecule has 2 unspecified atom stereocenters. The predicted octanol–water partition coefficient (Wildman–Crippen LogP) is 29.3. The largest absolute Gasteiger partial charge is 0.117 e. The minimum atomic E-state index is -0.527. The quantitative estimate of drug-likeness (QED) is 0.0203. The molecule has 2 atom stereocenters.